The van der Waals surface area contributed by atoms with E-state index in [1.54, 1.807) is 0 Å². The fraction of sp³-hybridized carbons (Fsp3) is 0.833. The highest BCUT2D eigenvalue weighted by Gasteiger charge is 2.39. The van der Waals surface area contributed by atoms with Crippen LogP contribution in [0.4, 0.5) is 0 Å². The Kier molecular flexibility index (Phi) is 1.66. The molecule has 1 rings (SSSR count). The number of rotatable bonds is 1. The third kappa shape index (κ3) is 0.998. The molecule has 1 aliphatic rings. The topological polar surface area (TPSA) is 66.6 Å². The SMILES string of the molecule is CC1(O)CCN(CN)C1=O. The predicted octanol–water partition coefficient (Wildman–Crippen LogP) is -1.11. The van der Waals surface area contributed by atoms with Gasteiger partial charge < -0.3 is 15.7 Å². The Morgan fingerprint density at radius 3 is 2.70 bits per heavy atom. The lowest BCUT2D eigenvalue weighted by molar-refractivity contribution is -0.141. The lowest BCUT2D eigenvalue weighted by Gasteiger charge is -2.15. The van der Waals surface area contributed by atoms with Crippen LogP contribution in [0.2, 0.25) is 0 Å². The molecule has 1 heterocycles. The highest BCUT2D eigenvalue weighted by atomic mass is 16.3. The number of hydrogen-bond donors (Lipinski definition) is 2. The lowest BCUT2D eigenvalue weighted by atomic mass is 10.1. The van der Waals surface area contributed by atoms with Crippen LogP contribution in [0.1, 0.15) is 13.3 Å². The first-order valence-corrected chi connectivity index (χ1v) is 3.30. The van der Waals surface area contributed by atoms with Crippen LogP contribution in [0.25, 0.3) is 0 Å². The molecule has 1 atom stereocenters. The van der Waals surface area contributed by atoms with Gasteiger partial charge >= 0.3 is 0 Å². The van der Waals surface area contributed by atoms with Crippen LogP contribution in [0.15, 0.2) is 0 Å². The summed E-state index contributed by atoms with van der Waals surface area (Å²) in [6.07, 6.45) is 0.489. The van der Waals surface area contributed by atoms with E-state index in [-0.39, 0.29) is 12.6 Å². The predicted molar refractivity (Wildman–Crippen MR) is 36.0 cm³/mol. The van der Waals surface area contributed by atoms with Crippen LogP contribution < -0.4 is 5.73 Å². The Morgan fingerprint density at radius 2 is 2.50 bits per heavy atom. The Morgan fingerprint density at radius 1 is 1.90 bits per heavy atom. The van der Waals surface area contributed by atoms with Crippen LogP contribution in [0, 0.1) is 0 Å². The van der Waals surface area contributed by atoms with E-state index in [1.165, 1.54) is 11.8 Å². The van der Waals surface area contributed by atoms with E-state index in [2.05, 4.69) is 0 Å². The van der Waals surface area contributed by atoms with Crippen LogP contribution in [0.5, 0.6) is 0 Å². The van der Waals surface area contributed by atoms with E-state index in [4.69, 9.17) is 5.73 Å². The maximum atomic E-state index is 11.1. The Bertz CT molecular complexity index is 156. The highest BCUT2D eigenvalue weighted by molar-refractivity contribution is 5.86. The third-order valence-corrected chi connectivity index (χ3v) is 1.84. The summed E-state index contributed by atoms with van der Waals surface area (Å²) in [5.74, 6) is -0.255. The molecular formula is C6H12N2O2. The fourth-order valence-corrected chi connectivity index (χ4v) is 1.08. The molecule has 4 heteroatoms. The van der Waals surface area contributed by atoms with Crippen LogP contribution >= 0.6 is 0 Å². The molecule has 0 spiro atoms. The van der Waals surface area contributed by atoms with Gasteiger partial charge in [-0.1, -0.05) is 0 Å². The Balaban J connectivity index is 2.67. The normalized spacial score (nSPS) is 33.5. The summed E-state index contributed by atoms with van der Waals surface area (Å²) in [4.78, 5) is 12.5. The minimum Gasteiger partial charge on any atom is -0.380 e. The average Bonchev–Trinajstić information content (AvgIpc) is 2.10. The van der Waals surface area contributed by atoms with E-state index >= 15 is 0 Å². The van der Waals surface area contributed by atoms with Gasteiger partial charge in [0.25, 0.3) is 5.91 Å². The zero-order valence-electron chi connectivity index (χ0n) is 6.00. The van der Waals surface area contributed by atoms with Crippen molar-refractivity contribution in [2.45, 2.75) is 18.9 Å². The van der Waals surface area contributed by atoms with Crippen molar-refractivity contribution in [3.8, 4) is 0 Å². The first-order valence-electron chi connectivity index (χ1n) is 3.30. The highest BCUT2D eigenvalue weighted by Crippen LogP contribution is 2.20. The summed E-state index contributed by atoms with van der Waals surface area (Å²) >= 11 is 0. The number of carbonyl (C=O) groups is 1. The molecule has 0 bridgehead atoms. The van der Waals surface area contributed by atoms with Crippen molar-refractivity contribution in [1.29, 1.82) is 0 Å². The van der Waals surface area contributed by atoms with Crippen molar-refractivity contribution in [2.24, 2.45) is 5.73 Å². The van der Waals surface area contributed by atoms with Gasteiger partial charge in [-0.05, 0) is 6.92 Å². The molecule has 4 nitrogen and oxygen atoms in total. The van der Waals surface area contributed by atoms with Gasteiger partial charge in [0, 0.05) is 13.0 Å². The largest absolute Gasteiger partial charge is 0.380 e. The Hall–Kier alpha value is -0.610. The molecule has 1 unspecified atom stereocenters. The van der Waals surface area contributed by atoms with Gasteiger partial charge in [0.1, 0.15) is 5.60 Å². The maximum Gasteiger partial charge on any atom is 0.255 e. The van der Waals surface area contributed by atoms with Gasteiger partial charge in [0.2, 0.25) is 0 Å². The third-order valence-electron chi connectivity index (χ3n) is 1.84. The molecular weight excluding hydrogens is 132 g/mol. The second kappa shape index (κ2) is 2.21. The number of nitrogens with two attached hydrogens (primary N) is 1. The number of nitrogens with zero attached hydrogens (tertiary/aromatic N) is 1. The van der Waals surface area contributed by atoms with Crippen molar-refractivity contribution < 1.29 is 9.90 Å². The second-order valence-corrected chi connectivity index (χ2v) is 2.78. The number of likely N-dealkylation sites (tertiary alicyclic amines) is 1. The average molecular weight is 144 g/mol. The molecule has 1 saturated heterocycles. The molecule has 1 amide bonds. The van der Waals surface area contributed by atoms with Crippen LogP contribution in [-0.2, 0) is 4.79 Å². The van der Waals surface area contributed by atoms with E-state index in [0.717, 1.165) is 0 Å². The standard InChI is InChI=1S/C6H12N2O2/c1-6(10)2-3-8(4-7)5(6)9/h10H,2-4,7H2,1H3. The second-order valence-electron chi connectivity index (χ2n) is 2.78. The van der Waals surface area contributed by atoms with Crippen molar-refractivity contribution in [2.75, 3.05) is 13.2 Å². The summed E-state index contributed by atoms with van der Waals surface area (Å²) in [5, 5.41) is 9.32. The van der Waals surface area contributed by atoms with Crippen molar-refractivity contribution >= 4 is 5.91 Å². The minimum atomic E-state index is -1.17. The van der Waals surface area contributed by atoms with Gasteiger partial charge in [-0.15, -0.1) is 0 Å². The monoisotopic (exact) mass is 144 g/mol. The minimum absolute atomic E-state index is 0.203. The zero-order chi connectivity index (χ0) is 7.78. The summed E-state index contributed by atoms with van der Waals surface area (Å²) in [5.41, 5.74) is 4.07. The van der Waals surface area contributed by atoms with Gasteiger partial charge in [-0.2, -0.15) is 0 Å². The van der Waals surface area contributed by atoms with Crippen LogP contribution in [0.3, 0.4) is 0 Å². The summed E-state index contributed by atoms with van der Waals surface area (Å²) < 4.78 is 0. The molecule has 0 aromatic carbocycles. The van der Waals surface area contributed by atoms with E-state index in [9.17, 15) is 9.90 Å². The Labute approximate surface area is 59.6 Å². The quantitative estimate of drug-likeness (QED) is 0.490. The molecule has 0 aromatic rings. The van der Waals surface area contributed by atoms with Gasteiger partial charge in [0.05, 0.1) is 6.67 Å². The van der Waals surface area contributed by atoms with Gasteiger partial charge in [-0.25, -0.2) is 0 Å². The van der Waals surface area contributed by atoms with Crippen molar-refractivity contribution in [1.82, 2.24) is 4.90 Å². The van der Waals surface area contributed by atoms with Crippen LogP contribution in [-0.4, -0.2) is 34.7 Å². The molecule has 58 valence electrons. The van der Waals surface area contributed by atoms with Gasteiger partial charge in [0.15, 0.2) is 0 Å². The number of hydrogen-bond acceptors (Lipinski definition) is 3. The first kappa shape index (κ1) is 7.50. The maximum absolute atomic E-state index is 11.1. The van der Waals surface area contributed by atoms with E-state index in [0.29, 0.717) is 13.0 Å². The van der Waals surface area contributed by atoms with E-state index in [1.807, 2.05) is 0 Å². The fourth-order valence-electron chi connectivity index (χ4n) is 1.08. The molecule has 0 aromatic heterocycles. The summed E-state index contributed by atoms with van der Waals surface area (Å²) in [6.45, 7) is 2.29. The molecule has 3 N–H and O–H groups in total. The smallest absolute Gasteiger partial charge is 0.255 e. The first-order chi connectivity index (χ1) is 4.58. The lowest BCUT2D eigenvalue weighted by Crippen LogP contribution is -2.39. The van der Waals surface area contributed by atoms with Gasteiger partial charge in [-0.3, -0.25) is 4.79 Å². The van der Waals surface area contributed by atoms with E-state index < -0.39 is 5.60 Å². The van der Waals surface area contributed by atoms with Crippen molar-refractivity contribution in [3.63, 3.8) is 0 Å². The molecule has 1 fully saturated rings. The molecule has 1 aliphatic heterocycles. The number of amides is 1. The number of aliphatic hydroxyl groups is 1. The molecule has 0 aliphatic carbocycles. The zero-order valence-corrected chi connectivity index (χ0v) is 6.00. The van der Waals surface area contributed by atoms with Crippen molar-refractivity contribution in [3.05, 3.63) is 0 Å². The molecule has 0 saturated carbocycles. The number of carbonyl (C=O) groups excluding carboxylic acids is 1. The summed E-state index contributed by atoms with van der Waals surface area (Å²) in [7, 11) is 0. The molecule has 10 heavy (non-hydrogen) atoms. The molecule has 0 radical (unpaired) electrons. The summed E-state index contributed by atoms with van der Waals surface area (Å²) in [6, 6.07) is 0.